The maximum atomic E-state index is 12.0. The van der Waals surface area contributed by atoms with E-state index in [4.69, 9.17) is 0 Å². The normalized spacial score (nSPS) is 12.6. The first-order valence-electron chi connectivity index (χ1n) is 6.35. The zero-order chi connectivity index (χ0) is 13.7. The van der Waals surface area contributed by atoms with Crippen molar-refractivity contribution in [3.8, 4) is 0 Å². The van der Waals surface area contributed by atoms with E-state index in [0.717, 1.165) is 10.9 Å². The largest absolute Gasteiger partial charge is 0.352 e. The van der Waals surface area contributed by atoms with Crippen LogP contribution in [0.5, 0.6) is 0 Å². The first-order chi connectivity index (χ1) is 8.43. The molecule has 3 heteroatoms. The van der Waals surface area contributed by atoms with Gasteiger partial charge in [-0.1, -0.05) is 53.5 Å². The SMILES string of the molecule is Cc1ccc(C)c(CC(=O)NC(CBr)C(C)C)c1. The van der Waals surface area contributed by atoms with E-state index < -0.39 is 0 Å². The molecule has 1 aromatic carbocycles. The topological polar surface area (TPSA) is 29.1 Å². The summed E-state index contributed by atoms with van der Waals surface area (Å²) in [4.78, 5) is 12.0. The number of carbonyl (C=O) groups is 1. The number of benzene rings is 1. The number of carbonyl (C=O) groups excluding carboxylic acids is 1. The van der Waals surface area contributed by atoms with Gasteiger partial charge in [0.2, 0.25) is 5.91 Å². The Bertz CT molecular complexity index is 415. The van der Waals surface area contributed by atoms with E-state index in [9.17, 15) is 4.79 Å². The minimum atomic E-state index is 0.0989. The summed E-state index contributed by atoms with van der Waals surface area (Å²) in [5.41, 5.74) is 3.49. The lowest BCUT2D eigenvalue weighted by atomic mass is 10.0. The zero-order valence-corrected chi connectivity index (χ0v) is 13.2. The maximum absolute atomic E-state index is 12.0. The molecule has 1 aromatic rings. The van der Waals surface area contributed by atoms with Gasteiger partial charge in [0.05, 0.1) is 6.42 Å². The second kappa shape index (κ2) is 6.93. The van der Waals surface area contributed by atoms with Crippen molar-refractivity contribution in [2.24, 2.45) is 5.92 Å². The highest BCUT2D eigenvalue weighted by Crippen LogP contribution is 2.12. The van der Waals surface area contributed by atoms with Crippen molar-refractivity contribution in [3.63, 3.8) is 0 Å². The number of halogens is 1. The summed E-state index contributed by atoms with van der Waals surface area (Å²) in [5, 5.41) is 3.87. The fourth-order valence-corrected chi connectivity index (χ4v) is 2.71. The molecular formula is C15H22BrNO. The standard InChI is InChI=1S/C15H22BrNO/c1-10(2)14(9-16)17-15(18)8-13-7-11(3)5-6-12(13)4/h5-7,10,14H,8-9H2,1-4H3,(H,17,18). The molecule has 18 heavy (non-hydrogen) atoms. The third kappa shape index (κ3) is 4.45. The third-order valence-corrected chi connectivity index (χ3v) is 3.87. The number of alkyl halides is 1. The highest BCUT2D eigenvalue weighted by atomic mass is 79.9. The lowest BCUT2D eigenvalue weighted by Gasteiger charge is -2.20. The van der Waals surface area contributed by atoms with E-state index in [1.54, 1.807) is 0 Å². The molecule has 0 aliphatic carbocycles. The van der Waals surface area contributed by atoms with Crippen molar-refractivity contribution in [3.05, 3.63) is 34.9 Å². The van der Waals surface area contributed by atoms with Crippen molar-refractivity contribution in [2.45, 2.75) is 40.2 Å². The van der Waals surface area contributed by atoms with E-state index in [1.807, 2.05) is 6.92 Å². The summed E-state index contributed by atoms with van der Waals surface area (Å²) < 4.78 is 0. The van der Waals surface area contributed by atoms with Crippen LogP contribution in [0.2, 0.25) is 0 Å². The Morgan fingerprint density at radius 1 is 1.33 bits per heavy atom. The van der Waals surface area contributed by atoms with E-state index >= 15 is 0 Å². The summed E-state index contributed by atoms with van der Waals surface area (Å²) in [5.74, 6) is 0.536. The maximum Gasteiger partial charge on any atom is 0.224 e. The molecule has 0 radical (unpaired) electrons. The van der Waals surface area contributed by atoms with Crippen LogP contribution < -0.4 is 5.32 Å². The van der Waals surface area contributed by atoms with Gasteiger partial charge in [0, 0.05) is 11.4 Å². The fraction of sp³-hybridized carbons (Fsp3) is 0.533. The van der Waals surface area contributed by atoms with Crippen LogP contribution in [-0.4, -0.2) is 17.3 Å². The molecule has 100 valence electrons. The highest BCUT2D eigenvalue weighted by molar-refractivity contribution is 9.09. The summed E-state index contributed by atoms with van der Waals surface area (Å²) in [6.45, 7) is 8.33. The molecule has 0 aliphatic rings. The summed E-state index contributed by atoms with van der Waals surface area (Å²) in [7, 11) is 0. The lowest BCUT2D eigenvalue weighted by Crippen LogP contribution is -2.40. The molecule has 1 N–H and O–H groups in total. The Morgan fingerprint density at radius 3 is 2.56 bits per heavy atom. The van der Waals surface area contributed by atoms with Gasteiger partial charge in [-0.15, -0.1) is 0 Å². The summed E-state index contributed by atoms with van der Waals surface area (Å²) in [6.07, 6.45) is 0.462. The number of aryl methyl sites for hydroxylation is 2. The minimum Gasteiger partial charge on any atom is -0.352 e. The van der Waals surface area contributed by atoms with Crippen molar-refractivity contribution >= 4 is 21.8 Å². The Hall–Kier alpha value is -0.830. The van der Waals surface area contributed by atoms with Gasteiger partial charge in [-0.2, -0.15) is 0 Å². The van der Waals surface area contributed by atoms with Crippen LogP contribution in [0.4, 0.5) is 0 Å². The second-order valence-electron chi connectivity index (χ2n) is 5.18. The number of amides is 1. The Morgan fingerprint density at radius 2 is 2.00 bits per heavy atom. The quantitative estimate of drug-likeness (QED) is 0.830. The fourth-order valence-electron chi connectivity index (χ4n) is 1.80. The number of rotatable bonds is 5. The van der Waals surface area contributed by atoms with Crippen LogP contribution >= 0.6 is 15.9 Å². The van der Waals surface area contributed by atoms with Crippen molar-refractivity contribution in [2.75, 3.05) is 5.33 Å². The first kappa shape index (κ1) is 15.2. The van der Waals surface area contributed by atoms with Crippen LogP contribution in [0.25, 0.3) is 0 Å². The first-order valence-corrected chi connectivity index (χ1v) is 7.47. The predicted molar refractivity (Wildman–Crippen MR) is 80.2 cm³/mol. The van der Waals surface area contributed by atoms with Crippen molar-refractivity contribution in [1.82, 2.24) is 5.32 Å². The van der Waals surface area contributed by atoms with Gasteiger partial charge < -0.3 is 5.32 Å². The highest BCUT2D eigenvalue weighted by Gasteiger charge is 2.15. The molecule has 1 amide bonds. The molecule has 0 aromatic heterocycles. The monoisotopic (exact) mass is 311 g/mol. The molecule has 0 saturated carbocycles. The molecule has 1 unspecified atom stereocenters. The molecule has 0 heterocycles. The Labute approximate surface area is 118 Å². The van der Waals surface area contributed by atoms with Crippen molar-refractivity contribution < 1.29 is 4.79 Å². The number of hydrogen-bond acceptors (Lipinski definition) is 1. The van der Waals surface area contributed by atoms with E-state index in [1.165, 1.54) is 11.1 Å². The molecule has 1 atom stereocenters. The van der Waals surface area contributed by atoms with Crippen LogP contribution in [0.1, 0.15) is 30.5 Å². The zero-order valence-electron chi connectivity index (χ0n) is 11.6. The van der Waals surface area contributed by atoms with Gasteiger partial charge in [-0.05, 0) is 30.9 Å². The molecule has 1 rings (SSSR count). The van der Waals surface area contributed by atoms with E-state index in [0.29, 0.717) is 12.3 Å². The van der Waals surface area contributed by atoms with E-state index in [2.05, 4.69) is 60.2 Å². The van der Waals surface area contributed by atoms with Crippen LogP contribution in [0.3, 0.4) is 0 Å². The molecule has 2 nitrogen and oxygen atoms in total. The molecule has 0 spiro atoms. The van der Waals surface area contributed by atoms with E-state index in [-0.39, 0.29) is 11.9 Å². The molecular weight excluding hydrogens is 290 g/mol. The van der Waals surface area contributed by atoms with Gasteiger partial charge in [0.1, 0.15) is 0 Å². The van der Waals surface area contributed by atoms with Crippen molar-refractivity contribution in [1.29, 1.82) is 0 Å². The third-order valence-electron chi connectivity index (χ3n) is 3.17. The second-order valence-corrected chi connectivity index (χ2v) is 5.83. The van der Waals surface area contributed by atoms with Crippen LogP contribution in [-0.2, 0) is 11.2 Å². The van der Waals surface area contributed by atoms with Crippen LogP contribution in [0.15, 0.2) is 18.2 Å². The average molecular weight is 312 g/mol. The Balaban J connectivity index is 2.67. The van der Waals surface area contributed by atoms with Gasteiger partial charge in [0.25, 0.3) is 0 Å². The molecule has 0 bridgehead atoms. The van der Waals surface area contributed by atoms with Gasteiger partial charge in [-0.3, -0.25) is 4.79 Å². The molecule has 0 fully saturated rings. The minimum absolute atomic E-state index is 0.0989. The average Bonchev–Trinajstić information content (AvgIpc) is 2.30. The van der Waals surface area contributed by atoms with Gasteiger partial charge in [0.15, 0.2) is 0 Å². The smallest absolute Gasteiger partial charge is 0.224 e. The Kier molecular flexibility index (Phi) is 5.86. The van der Waals surface area contributed by atoms with Gasteiger partial charge >= 0.3 is 0 Å². The number of hydrogen-bond donors (Lipinski definition) is 1. The summed E-state index contributed by atoms with van der Waals surface area (Å²) in [6, 6.07) is 6.43. The molecule has 0 saturated heterocycles. The molecule has 0 aliphatic heterocycles. The predicted octanol–water partition coefficient (Wildman–Crippen LogP) is 3.38. The lowest BCUT2D eigenvalue weighted by molar-refractivity contribution is -0.121. The number of nitrogens with one attached hydrogen (secondary N) is 1. The van der Waals surface area contributed by atoms with Crippen LogP contribution in [0, 0.1) is 19.8 Å². The van der Waals surface area contributed by atoms with Gasteiger partial charge in [-0.25, -0.2) is 0 Å². The summed E-state index contributed by atoms with van der Waals surface area (Å²) >= 11 is 3.44.